The van der Waals surface area contributed by atoms with Crippen molar-refractivity contribution >= 4 is 12.4 Å². The average Bonchev–Trinajstić information content (AvgIpc) is 3.37. The number of H-pyrrole nitrogens is 1. The molecular formula is C20H23N5O3. The predicted octanol–water partition coefficient (Wildman–Crippen LogP) is 2.83. The first kappa shape index (κ1) is 19.3. The Hall–Kier alpha value is -3.42. The second-order valence-corrected chi connectivity index (χ2v) is 6.76. The first-order valence-electron chi connectivity index (χ1n) is 9.09. The second kappa shape index (κ2) is 8.51. The van der Waals surface area contributed by atoms with Crippen molar-refractivity contribution in [2.24, 2.45) is 5.92 Å². The van der Waals surface area contributed by atoms with Gasteiger partial charge in [-0.05, 0) is 18.1 Å². The van der Waals surface area contributed by atoms with Crippen LogP contribution in [-0.4, -0.2) is 48.7 Å². The molecular weight excluding hydrogens is 358 g/mol. The molecule has 2 aromatic heterocycles. The number of aromatic amines is 1. The minimum atomic E-state index is -0.250. The topological polar surface area (TPSA) is 104 Å². The van der Waals surface area contributed by atoms with Gasteiger partial charge in [0.1, 0.15) is 5.69 Å². The maximum atomic E-state index is 12.9. The summed E-state index contributed by atoms with van der Waals surface area (Å²) in [6, 6.07) is 13.5. The number of carboxylic acid groups (broad SMARTS) is 1. The van der Waals surface area contributed by atoms with E-state index in [0.29, 0.717) is 18.8 Å². The van der Waals surface area contributed by atoms with E-state index >= 15 is 0 Å². The molecule has 8 heteroatoms. The third-order valence-electron chi connectivity index (χ3n) is 4.61. The van der Waals surface area contributed by atoms with Crippen molar-refractivity contribution in [2.45, 2.75) is 26.4 Å². The fraction of sp³-hybridized carbons (Fsp3) is 0.300. The van der Waals surface area contributed by atoms with Gasteiger partial charge in [0.15, 0.2) is 11.6 Å². The number of carbonyl (C=O) groups excluding carboxylic acids is 1. The summed E-state index contributed by atoms with van der Waals surface area (Å²) < 4.78 is 1.95. The maximum absolute atomic E-state index is 12.9. The largest absolute Gasteiger partial charge is 0.483 e. The number of aromatic nitrogens is 4. The van der Waals surface area contributed by atoms with Crippen LogP contribution in [0.25, 0.3) is 11.4 Å². The zero-order valence-electron chi connectivity index (χ0n) is 15.8. The van der Waals surface area contributed by atoms with Gasteiger partial charge >= 0.3 is 0 Å². The fourth-order valence-corrected chi connectivity index (χ4v) is 3.43. The number of benzene rings is 1. The quantitative estimate of drug-likeness (QED) is 0.679. The van der Waals surface area contributed by atoms with Crippen LogP contribution in [0.15, 0.2) is 48.7 Å². The number of amides is 1. The lowest BCUT2D eigenvalue weighted by Gasteiger charge is -2.37. The molecule has 28 heavy (non-hydrogen) atoms. The normalized spacial score (nSPS) is 15.5. The fourth-order valence-electron chi connectivity index (χ4n) is 3.43. The summed E-state index contributed by atoms with van der Waals surface area (Å²) in [6.07, 6.45) is 1.78. The molecule has 1 aliphatic heterocycles. The summed E-state index contributed by atoms with van der Waals surface area (Å²) in [5.41, 5.74) is 1.61. The van der Waals surface area contributed by atoms with Gasteiger partial charge in [0.05, 0.1) is 12.6 Å². The Morgan fingerprint density at radius 3 is 2.54 bits per heavy atom. The van der Waals surface area contributed by atoms with E-state index in [1.54, 1.807) is 6.20 Å². The summed E-state index contributed by atoms with van der Waals surface area (Å²) in [7, 11) is 0. The molecule has 3 heterocycles. The molecule has 4 rings (SSSR count). The smallest absolute Gasteiger partial charge is 0.290 e. The first-order chi connectivity index (χ1) is 13.6. The van der Waals surface area contributed by atoms with Gasteiger partial charge in [-0.25, -0.2) is 9.67 Å². The van der Waals surface area contributed by atoms with Crippen molar-refractivity contribution in [1.29, 1.82) is 0 Å². The molecule has 1 aromatic carbocycles. The second-order valence-electron chi connectivity index (χ2n) is 6.76. The Morgan fingerprint density at radius 2 is 1.93 bits per heavy atom. The zero-order valence-corrected chi connectivity index (χ0v) is 15.8. The van der Waals surface area contributed by atoms with Crippen LogP contribution in [0.5, 0.6) is 0 Å². The Balaban J connectivity index is 0.000000706. The van der Waals surface area contributed by atoms with E-state index in [2.05, 4.69) is 23.9 Å². The molecule has 0 saturated heterocycles. The summed E-state index contributed by atoms with van der Waals surface area (Å²) >= 11 is 0. The number of nitrogens with one attached hydrogen (secondary N) is 1. The standard InChI is InChI=1S/C19H21N5O.CH2O2/c1-13(2)16-18-21-17(14-7-4-3-5-8-14)22-24(18)12-11-23(16)19(25)15-9-6-10-20-15;2-1-3/h3-10,13,16,20H,11-12H2,1-2H3;1H,(H,2,3)/t16-;/m0./s1. The van der Waals surface area contributed by atoms with Gasteiger partial charge in [0.25, 0.3) is 12.4 Å². The van der Waals surface area contributed by atoms with Crippen LogP contribution in [0, 0.1) is 5.92 Å². The predicted molar refractivity (Wildman–Crippen MR) is 104 cm³/mol. The van der Waals surface area contributed by atoms with E-state index in [1.807, 2.05) is 52.0 Å². The lowest BCUT2D eigenvalue weighted by molar-refractivity contribution is -0.122. The first-order valence-corrected chi connectivity index (χ1v) is 9.09. The minimum absolute atomic E-state index is 0.0132. The van der Waals surface area contributed by atoms with E-state index < -0.39 is 0 Å². The summed E-state index contributed by atoms with van der Waals surface area (Å²) in [4.78, 5) is 31.0. The van der Waals surface area contributed by atoms with Crippen molar-refractivity contribution in [3.63, 3.8) is 0 Å². The molecule has 0 spiro atoms. The van der Waals surface area contributed by atoms with Gasteiger partial charge in [-0.3, -0.25) is 9.59 Å². The minimum Gasteiger partial charge on any atom is -0.483 e. The zero-order chi connectivity index (χ0) is 20.1. The summed E-state index contributed by atoms with van der Waals surface area (Å²) in [6.45, 7) is 5.27. The number of hydrogen-bond donors (Lipinski definition) is 2. The lowest BCUT2D eigenvalue weighted by Crippen LogP contribution is -2.44. The number of hydrogen-bond acceptors (Lipinski definition) is 4. The van der Waals surface area contributed by atoms with Crippen molar-refractivity contribution in [2.75, 3.05) is 6.54 Å². The van der Waals surface area contributed by atoms with Crippen LogP contribution >= 0.6 is 0 Å². The lowest BCUT2D eigenvalue weighted by atomic mass is 9.99. The molecule has 146 valence electrons. The number of nitrogens with zero attached hydrogens (tertiary/aromatic N) is 4. The highest BCUT2D eigenvalue weighted by Gasteiger charge is 2.36. The molecule has 1 amide bonds. The molecule has 8 nitrogen and oxygen atoms in total. The molecule has 0 radical (unpaired) electrons. The third-order valence-corrected chi connectivity index (χ3v) is 4.61. The molecule has 1 aliphatic rings. The van der Waals surface area contributed by atoms with Crippen LogP contribution in [0.4, 0.5) is 0 Å². The molecule has 0 bridgehead atoms. The third kappa shape index (κ3) is 3.80. The average molecular weight is 381 g/mol. The summed E-state index contributed by atoms with van der Waals surface area (Å²) in [5.74, 6) is 1.83. The Morgan fingerprint density at radius 1 is 1.21 bits per heavy atom. The van der Waals surface area contributed by atoms with E-state index in [-0.39, 0.29) is 24.3 Å². The number of carbonyl (C=O) groups is 2. The van der Waals surface area contributed by atoms with E-state index in [0.717, 1.165) is 17.2 Å². The van der Waals surface area contributed by atoms with Crippen molar-refractivity contribution in [3.05, 3.63) is 60.2 Å². The van der Waals surface area contributed by atoms with Gasteiger partial charge in [-0.2, -0.15) is 5.10 Å². The van der Waals surface area contributed by atoms with Crippen molar-refractivity contribution in [3.8, 4) is 11.4 Å². The van der Waals surface area contributed by atoms with Gasteiger partial charge in [0, 0.05) is 18.3 Å². The molecule has 0 unspecified atom stereocenters. The highest BCUT2D eigenvalue weighted by Crippen LogP contribution is 2.33. The highest BCUT2D eigenvalue weighted by atomic mass is 16.3. The van der Waals surface area contributed by atoms with Crippen molar-refractivity contribution < 1.29 is 14.7 Å². The van der Waals surface area contributed by atoms with E-state index in [9.17, 15) is 4.79 Å². The van der Waals surface area contributed by atoms with Crippen LogP contribution in [-0.2, 0) is 11.3 Å². The molecule has 0 aliphatic carbocycles. The Kier molecular flexibility index (Phi) is 5.88. The molecule has 3 aromatic rings. The highest BCUT2D eigenvalue weighted by molar-refractivity contribution is 5.92. The molecule has 1 atom stereocenters. The molecule has 0 saturated carbocycles. The monoisotopic (exact) mass is 381 g/mol. The van der Waals surface area contributed by atoms with Gasteiger partial charge in [-0.15, -0.1) is 0 Å². The van der Waals surface area contributed by atoms with Crippen LogP contribution in [0.1, 0.15) is 36.2 Å². The summed E-state index contributed by atoms with van der Waals surface area (Å²) in [5, 5.41) is 11.6. The van der Waals surface area contributed by atoms with Crippen LogP contribution in [0.2, 0.25) is 0 Å². The van der Waals surface area contributed by atoms with Gasteiger partial charge < -0.3 is 15.0 Å². The Labute approximate surface area is 162 Å². The van der Waals surface area contributed by atoms with Crippen LogP contribution in [0.3, 0.4) is 0 Å². The number of fused-ring (bicyclic) bond motifs is 1. The maximum Gasteiger partial charge on any atom is 0.290 e. The molecule has 2 N–H and O–H groups in total. The van der Waals surface area contributed by atoms with E-state index in [4.69, 9.17) is 14.9 Å². The van der Waals surface area contributed by atoms with Crippen molar-refractivity contribution in [1.82, 2.24) is 24.6 Å². The number of rotatable bonds is 3. The van der Waals surface area contributed by atoms with E-state index in [1.165, 1.54) is 0 Å². The van der Waals surface area contributed by atoms with Crippen LogP contribution < -0.4 is 0 Å². The molecule has 0 fully saturated rings. The Bertz CT molecular complexity index is 919. The SMILES string of the molecule is CC(C)[C@H]1c2nc(-c3ccccc3)nn2CCN1C(=O)c1ccc[nH]1.O=CO. The van der Waals surface area contributed by atoms with Gasteiger partial charge in [-0.1, -0.05) is 44.2 Å². The van der Waals surface area contributed by atoms with Gasteiger partial charge in [0.2, 0.25) is 0 Å².